The Kier molecular flexibility index (Phi) is 6.23. The van der Waals surface area contributed by atoms with E-state index in [0.29, 0.717) is 23.9 Å². The zero-order valence-electron chi connectivity index (χ0n) is 17.5. The smallest absolute Gasteiger partial charge is 0.258 e. The van der Waals surface area contributed by atoms with E-state index in [1.165, 1.54) is 0 Å². The molecule has 0 aliphatic carbocycles. The SMILES string of the molecule is CC1CCN(C(=O)c2ccc(S(=O)(=O)N3CCCCC3C)cc2)c2ccccc2S1. The van der Waals surface area contributed by atoms with Gasteiger partial charge < -0.3 is 4.90 Å². The second kappa shape index (κ2) is 8.73. The van der Waals surface area contributed by atoms with Gasteiger partial charge in [0.1, 0.15) is 0 Å². The number of hydrogen-bond acceptors (Lipinski definition) is 4. The topological polar surface area (TPSA) is 57.7 Å². The van der Waals surface area contributed by atoms with Crippen LogP contribution in [-0.4, -0.2) is 43.0 Å². The summed E-state index contributed by atoms with van der Waals surface area (Å²) in [5, 5.41) is 0.433. The molecule has 0 bridgehead atoms. The first-order valence-corrected chi connectivity index (χ1v) is 12.9. The van der Waals surface area contributed by atoms with Crippen molar-refractivity contribution in [1.29, 1.82) is 0 Å². The van der Waals surface area contributed by atoms with E-state index in [-0.39, 0.29) is 16.8 Å². The molecule has 1 saturated heterocycles. The number of amides is 1. The van der Waals surface area contributed by atoms with Crippen LogP contribution in [0.1, 0.15) is 49.9 Å². The summed E-state index contributed by atoms with van der Waals surface area (Å²) in [6.07, 6.45) is 3.75. The lowest BCUT2D eigenvalue weighted by molar-refractivity contribution is 0.0986. The maximum Gasteiger partial charge on any atom is 0.258 e. The minimum absolute atomic E-state index is 0.0122. The van der Waals surface area contributed by atoms with E-state index in [1.54, 1.807) is 40.3 Å². The Labute approximate surface area is 183 Å². The van der Waals surface area contributed by atoms with E-state index in [2.05, 4.69) is 13.0 Å². The highest BCUT2D eigenvalue weighted by molar-refractivity contribution is 8.00. The third-order valence-corrected chi connectivity index (χ3v) is 9.20. The van der Waals surface area contributed by atoms with Crippen LogP contribution < -0.4 is 4.90 Å². The third kappa shape index (κ3) is 4.15. The fourth-order valence-electron chi connectivity index (χ4n) is 4.19. The molecule has 2 aromatic carbocycles. The number of anilines is 1. The molecule has 0 aromatic heterocycles. The van der Waals surface area contributed by atoms with Crippen molar-refractivity contribution in [2.24, 2.45) is 0 Å². The summed E-state index contributed by atoms with van der Waals surface area (Å²) in [5.74, 6) is -0.0903. The van der Waals surface area contributed by atoms with Gasteiger partial charge in [0.25, 0.3) is 5.91 Å². The number of nitrogens with zero attached hydrogens (tertiary/aromatic N) is 2. The van der Waals surface area contributed by atoms with Gasteiger partial charge in [0.05, 0.1) is 10.6 Å². The van der Waals surface area contributed by atoms with Crippen molar-refractivity contribution in [3.63, 3.8) is 0 Å². The first-order chi connectivity index (χ1) is 14.4. The van der Waals surface area contributed by atoms with Crippen LogP contribution in [0.2, 0.25) is 0 Å². The molecule has 2 heterocycles. The lowest BCUT2D eigenvalue weighted by atomic mass is 10.1. The number of carbonyl (C=O) groups is 1. The molecule has 1 fully saturated rings. The van der Waals surface area contributed by atoms with Crippen molar-refractivity contribution in [2.45, 2.75) is 60.6 Å². The molecule has 7 heteroatoms. The maximum absolute atomic E-state index is 13.3. The summed E-state index contributed by atoms with van der Waals surface area (Å²) in [6, 6.07) is 14.4. The monoisotopic (exact) mass is 444 g/mol. The van der Waals surface area contributed by atoms with Crippen molar-refractivity contribution in [1.82, 2.24) is 4.31 Å². The number of benzene rings is 2. The highest BCUT2D eigenvalue weighted by atomic mass is 32.2. The van der Waals surface area contributed by atoms with Crippen molar-refractivity contribution < 1.29 is 13.2 Å². The zero-order chi connectivity index (χ0) is 21.3. The molecule has 0 saturated carbocycles. The molecule has 0 spiro atoms. The van der Waals surface area contributed by atoms with Crippen LogP contribution in [0, 0.1) is 0 Å². The van der Waals surface area contributed by atoms with Crippen molar-refractivity contribution in [2.75, 3.05) is 18.0 Å². The van der Waals surface area contributed by atoms with Crippen LogP contribution in [0.15, 0.2) is 58.3 Å². The van der Waals surface area contributed by atoms with Gasteiger partial charge in [-0.1, -0.05) is 25.5 Å². The average Bonchev–Trinajstić information content (AvgIpc) is 2.91. The molecule has 5 nitrogen and oxygen atoms in total. The average molecular weight is 445 g/mol. The number of hydrogen-bond donors (Lipinski definition) is 0. The number of carbonyl (C=O) groups excluding carboxylic acids is 1. The third-order valence-electron chi connectivity index (χ3n) is 5.94. The van der Waals surface area contributed by atoms with Gasteiger partial charge in [-0.25, -0.2) is 8.42 Å². The fourth-order valence-corrected chi connectivity index (χ4v) is 7.00. The second-order valence-corrected chi connectivity index (χ2v) is 11.5. The largest absolute Gasteiger partial charge is 0.307 e. The summed E-state index contributed by atoms with van der Waals surface area (Å²) in [6.45, 7) is 5.35. The van der Waals surface area contributed by atoms with Gasteiger partial charge in [-0.3, -0.25) is 4.79 Å². The van der Waals surface area contributed by atoms with Gasteiger partial charge in [0.15, 0.2) is 0 Å². The number of thioether (sulfide) groups is 1. The van der Waals surface area contributed by atoms with Gasteiger partial charge in [-0.15, -0.1) is 11.8 Å². The molecule has 0 radical (unpaired) electrons. The van der Waals surface area contributed by atoms with Crippen LogP contribution in [0.25, 0.3) is 0 Å². The number of fused-ring (bicyclic) bond motifs is 1. The molecular formula is C23H28N2O3S2. The molecule has 2 atom stereocenters. The van der Waals surface area contributed by atoms with Gasteiger partial charge in [-0.2, -0.15) is 4.31 Å². The molecule has 0 N–H and O–H groups in total. The van der Waals surface area contributed by atoms with Crippen molar-refractivity contribution in [3.05, 3.63) is 54.1 Å². The highest BCUT2D eigenvalue weighted by Crippen LogP contribution is 2.38. The quantitative estimate of drug-likeness (QED) is 0.684. The Bertz CT molecular complexity index is 1020. The summed E-state index contributed by atoms with van der Waals surface area (Å²) >= 11 is 1.79. The lowest BCUT2D eigenvalue weighted by Crippen LogP contribution is -2.41. The van der Waals surface area contributed by atoms with Crippen molar-refractivity contribution in [3.8, 4) is 0 Å². The predicted octanol–water partition coefficient (Wildman–Crippen LogP) is 4.78. The van der Waals surface area contributed by atoms with Gasteiger partial charge in [0, 0.05) is 34.8 Å². The first kappa shape index (κ1) is 21.4. The Morgan fingerprint density at radius 1 is 0.967 bits per heavy atom. The molecule has 2 aliphatic rings. The Hall–Kier alpha value is -1.83. The van der Waals surface area contributed by atoms with E-state index in [4.69, 9.17) is 0 Å². The van der Waals surface area contributed by atoms with Gasteiger partial charge in [-0.05, 0) is 62.6 Å². The Balaban J connectivity index is 1.59. The fraction of sp³-hybridized carbons (Fsp3) is 0.435. The summed E-state index contributed by atoms with van der Waals surface area (Å²) < 4.78 is 27.7. The van der Waals surface area contributed by atoms with Gasteiger partial charge >= 0.3 is 0 Å². The normalized spacial score (nSPS) is 22.9. The molecule has 30 heavy (non-hydrogen) atoms. The van der Waals surface area contributed by atoms with Crippen LogP contribution in [-0.2, 0) is 10.0 Å². The molecule has 2 aliphatic heterocycles. The standard InChI is InChI=1S/C23H28N2O3S2/c1-17-7-5-6-15-25(17)30(27,28)20-12-10-19(11-13-20)23(26)24-16-14-18(2)29-22-9-4-3-8-21(22)24/h3-4,8-13,17-18H,5-7,14-16H2,1-2H3. The molecular weight excluding hydrogens is 416 g/mol. The summed E-state index contributed by atoms with van der Waals surface area (Å²) in [7, 11) is -3.54. The minimum atomic E-state index is -3.54. The molecule has 2 aromatic rings. The van der Waals surface area contributed by atoms with E-state index in [9.17, 15) is 13.2 Å². The minimum Gasteiger partial charge on any atom is -0.307 e. The zero-order valence-corrected chi connectivity index (χ0v) is 19.1. The predicted molar refractivity (Wildman–Crippen MR) is 122 cm³/mol. The van der Waals surface area contributed by atoms with E-state index >= 15 is 0 Å². The van der Waals surface area contributed by atoms with Crippen LogP contribution >= 0.6 is 11.8 Å². The number of sulfonamides is 1. The number of para-hydroxylation sites is 1. The van der Waals surface area contributed by atoms with Gasteiger partial charge in [0.2, 0.25) is 10.0 Å². The molecule has 1 amide bonds. The number of rotatable bonds is 3. The van der Waals surface area contributed by atoms with Crippen molar-refractivity contribution >= 4 is 33.4 Å². The Morgan fingerprint density at radius 2 is 1.70 bits per heavy atom. The van der Waals surface area contributed by atoms with E-state index in [1.807, 2.05) is 30.0 Å². The van der Waals surface area contributed by atoms with Crippen LogP contribution in [0.5, 0.6) is 0 Å². The number of piperidine rings is 1. The first-order valence-electron chi connectivity index (χ1n) is 10.6. The van der Waals surface area contributed by atoms with E-state index < -0.39 is 10.0 Å². The van der Waals surface area contributed by atoms with E-state index in [0.717, 1.165) is 36.3 Å². The Morgan fingerprint density at radius 3 is 2.43 bits per heavy atom. The maximum atomic E-state index is 13.3. The summed E-state index contributed by atoms with van der Waals surface area (Å²) in [4.78, 5) is 16.5. The highest BCUT2D eigenvalue weighted by Gasteiger charge is 2.31. The molecule has 160 valence electrons. The second-order valence-electron chi connectivity index (χ2n) is 8.13. The van der Waals surface area contributed by atoms with Crippen LogP contribution in [0.3, 0.4) is 0 Å². The van der Waals surface area contributed by atoms with Crippen LogP contribution in [0.4, 0.5) is 5.69 Å². The lowest BCUT2D eigenvalue weighted by Gasteiger charge is -2.32. The molecule has 2 unspecified atom stereocenters. The molecule has 4 rings (SSSR count). The summed E-state index contributed by atoms with van der Waals surface area (Å²) in [5.41, 5.74) is 1.44.